The molecule has 2 aromatic rings. The Bertz CT molecular complexity index is 518. The summed E-state index contributed by atoms with van der Waals surface area (Å²) in [4.78, 5) is 4.17. The molecule has 0 fully saturated rings. The minimum atomic E-state index is -0.526. The summed E-state index contributed by atoms with van der Waals surface area (Å²) in [6.07, 6.45) is 2.14. The first-order valence-electron chi connectivity index (χ1n) is 5.67. The van der Waals surface area contributed by atoms with Crippen LogP contribution in [0.2, 0.25) is 0 Å². The van der Waals surface area contributed by atoms with E-state index in [0.29, 0.717) is 17.3 Å². The van der Waals surface area contributed by atoms with Gasteiger partial charge in [0.15, 0.2) is 0 Å². The van der Waals surface area contributed by atoms with Crippen molar-refractivity contribution >= 4 is 15.9 Å². The van der Waals surface area contributed by atoms with Crippen LogP contribution in [0.5, 0.6) is 0 Å². The fraction of sp³-hybridized carbons (Fsp3) is 0.214. The molecular formula is C14H13BrFNO. The van der Waals surface area contributed by atoms with E-state index in [0.717, 1.165) is 11.3 Å². The number of pyridine rings is 1. The van der Waals surface area contributed by atoms with E-state index in [9.17, 15) is 9.50 Å². The van der Waals surface area contributed by atoms with Crippen molar-refractivity contribution in [3.05, 3.63) is 64.1 Å². The topological polar surface area (TPSA) is 33.1 Å². The molecule has 1 N–H and O–H groups in total. The van der Waals surface area contributed by atoms with E-state index >= 15 is 0 Å². The number of hydrogen-bond donors (Lipinski definition) is 1. The van der Waals surface area contributed by atoms with Gasteiger partial charge in [0.05, 0.1) is 6.10 Å². The van der Waals surface area contributed by atoms with Gasteiger partial charge < -0.3 is 5.11 Å². The van der Waals surface area contributed by atoms with Gasteiger partial charge in [0, 0.05) is 22.8 Å². The summed E-state index contributed by atoms with van der Waals surface area (Å²) >= 11 is 3.29. The minimum Gasteiger partial charge on any atom is -0.392 e. The van der Waals surface area contributed by atoms with Gasteiger partial charge >= 0.3 is 0 Å². The molecule has 94 valence electrons. The molecule has 1 aromatic heterocycles. The van der Waals surface area contributed by atoms with Crippen LogP contribution in [0, 0.1) is 5.82 Å². The van der Waals surface area contributed by atoms with Crippen LogP contribution in [-0.4, -0.2) is 16.2 Å². The molecular weight excluding hydrogens is 297 g/mol. The predicted octanol–water partition coefficient (Wildman–Crippen LogP) is 3.13. The molecule has 0 saturated heterocycles. The van der Waals surface area contributed by atoms with Crippen LogP contribution in [0.1, 0.15) is 11.3 Å². The summed E-state index contributed by atoms with van der Waals surface area (Å²) in [5, 5.41) is 10.00. The molecule has 0 aliphatic carbocycles. The third-order valence-corrected chi connectivity index (χ3v) is 3.38. The van der Waals surface area contributed by atoms with Crippen molar-refractivity contribution in [3.63, 3.8) is 0 Å². The lowest BCUT2D eigenvalue weighted by atomic mass is 10.0. The van der Waals surface area contributed by atoms with Gasteiger partial charge in [-0.15, -0.1) is 0 Å². The smallest absolute Gasteiger partial charge is 0.124 e. The van der Waals surface area contributed by atoms with Gasteiger partial charge in [-0.25, -0.2) is 4.39 Å². The van der Waals surface area contributed by atoms with Crippen molar-refractivity contribution in [2.75, 3.05) is 0 Å². The Balaban J connectivity index is 2.01. The van der Waals surface area contributed by atoms with Gasteiger partial charge in [-0.3, -0.25) is 4.98 Å². The second kappa shape index (κ2) is 6.07. The Morgan fingerprint density at radius 3 is 2.72 bits per heavy atom. The van der Waals surface area contributed by atoms with Crippen molar-refractivity contribution in [1.29, 1.82) is 0 Å². The standard InChI is InChI=1S/C14H13BrFNO/c15-14-8-11(16)5-4-10(14)7-13(18)9-12-3-1-2-6-17-12/h1-6,8,13,18H,7,9H2. The van der Waals surface area contributed by atoms with Crippen molar-refractivity contribution in [3.8, 4) is 0 Å². The number of rotatable bonds is 4. The maximum atomic E-state index is 12.9. The van der Waals surface area contributed by atoms with Crippen LogP contribution in [0.3, 0.4) is 0 Å². The molecule has 0 amide bonds. The Morgan fingerprint density at radius 1 is 1.22 bits per heavy atom. The van der Waals surface area contributed by atoms with E-state index in [1.165, 1.54) is 12.1 Å². The maximum absolute atomic E-state index is 12.9. The SMILES string of the molecule is OC(Cc1ccccn1)Cc1ccc(F)cc1Br. The quantitative estimate of drug-likeness (QED) is 0.941. The molecule has 1 heterocycles. The second-order valence-electron chi connectivity index (χ2n) is 4.12. The molecule has 4 heteroatoms. The number of halogens is 2. The second-order valence-corrected chi connectivity index (χ2v) is 4.97. The summed E-state index contributed by atoms with van der Waals surface area (Å²) in [5.41, 5.74) is 1.74. The van der Waals surface area contributed by atoms with E-state index in [4.69, 9.17) is 0 Å². The number of aliphatic hydroxyl groups excluding tert-OH is 1. The Kier molecular flexibility index (Phi) is 4.44. The van der Waals surface area contributed by atoms with Crippen LogP contribution < -0.4 is 0 Å². The molecule has 0 aliphatic heterocycles. The van der Waals surface area contributed by atoms with Crippen molar-refractivity contribution in [2.24, 2.45) is 0 Å². The number of nitrogens with zero attached hydrogens (tertiary/aromatic N) is 1. The van der Waals surface area contributed by atoms with Crippen molar-refractivity contribution in [2.45, 2.75) is 18.9 Å². The van der Waals surface area contributed by atoms with E-state index in [2.05, 4.69) is 20.9 Å². The molecule has 1 aromatic carbocycles. The first kappa shape index (κ1) is 13.2. The third-order valence-electron chi connectivity index (χ3n) is 2.64. The molecule has 0 aliphatic rings. The van der Waals surface area contributed by atoms with Gasteiger partial charge in [0.1, 0.15) is 5.82 Å². The Labute approximate surface area is 114 Å². The number of aromatic nitrogens is 1. The number of aliphatic hydroxyl groups is 1. The average molecular weight is 310 g/mol. The lowest BCUT2D eigenvalue weighted by Crippen LogP contribution is -2.15. The number of benzene rings is 1. The van der Waals surface area contributed by atoms with Crippen molar-refractivity contribution < 1.29 is 9.50 Å². The van der Waals surface area contributed by atoms with Gasteiger partial charge in [-0.05, 0) is 36.2 Å². The lowest BCUT2D eigenvalue weighted by Gasteiger charge is -2.11. The molecule has 0 spiro atoms. The largest absolute Gasteiger partial charge is 0.392 e. The molecule has 2 rings (SSSR count). The molecule has 2 nitrogen and oxygen atoms in total. The van der Waals surface area contributed by atoms with Gasteiger partial charge in [0.25, 0.3) is 0 Å². The summed E-state index contributed by atoms with van der Waals surface area (Å²) in [7, 11) is 0. The maximum Gasteiger partial charge on any atom is 0.124 e. The Morgan fingerprint density at radius 2 is 2.06 bits per heavy atom. The summed E-state index contributed by atoms with van der Waals surface area (Å²) in [6.45, 7) is 0. The molecule has 18 heavy (non-hydrogen) atoms. The Hall–Kier alpha value is -1.26. The first-order chi connectivity index (χ1) is 8.65. The molecule has 0 saturated carbocycles. The molecule has 1 atom stereocenters. The first-order valence-corrected chi connectivity index (χ1v) is 6.46. The minimum absolute atomic E-state index is 0.287. The fourth-order valence-electron chi connectivity index (χ4n) is 1.77. The van der Waals surface area contributed by atoms with Crippen LogP contribution >= 0.6 is 15.9 Å². The van der Waals surface area contributed by atoms with E-state index in [1.807, 2.05) is 18.2 Å². The van der Waals surface area contributed by atoms with Crippen LogP contribution in [0.4, 0.5) is 4.39 Å². The number of hydrogen-bond acceptors (Lipinski definition) is 2. The van der Waals surface area contributed by atoms with Gasteiger partial charge in [-0.2, -0.15) is 0 Å². The zero-order valence-electron chi connectivity index (χ0n) is 9.68. The van der Waals surface area contributed by atoms with Gasteiger partial charge in [-0.1, -0.05) is 28.1 Å². The molecule has 0 radical (unpaired) electrons. The van der Waals surface area contributed by atoms with E-state index in [1.54, 1.807) is 12.3 Å². The van der Waals surface area contributed by atoms with Crippen LogP contribution in [0.15, 0.2) is 47.1 Å². The lowest BCUT2D eigenvalue weighted by molar-refractivity contribution is 0.174. The highest BCUT2D eigenvalue weighted by Crippen LogP contribution is 2.20. The van der Waals surface area contributed by atoms with E-state index < -0.39 is 6.10 Å². The summed E-state index contributed by atoms with van der Waals surface area (Å²) in [6, 6.07) is 10.1. The fourth-order valence-corrected chi connectivity index (χ4v) is 2.29. The highest BCUT2D eigenvalue weighted by Gasteiger charge is 2.10. The monoisotopic (exact) mass is 309 g/mol. The van der Waals surface area contributed by atoms with Crippen molar-refractivity contribution in [1.82, 2.24) is 4.98 Å². The van der Waals surface area contributed by atoms with Crippen LogP contribution in [0.25, 0.3) is 0 Å². The molecule has 0 bridgehead atoms. The molecule has 1 unspecified atom stereocenters. The predicted molar refractivity (Wildman–Crippen MR) is 71.8 cm³/mol. The highest BCUT2D eigenvalue weighted by atomic mass is 79.9. The normalized spacial score (nSPS) is 12.4. The zero-order valence-corrected chi connectivity index (χ0v) is 11.3. The summed E-state index contributed by atoms with van der Waals surface area (Å²) < 4.78 is 13.6. The average Bonchev–Trinajstić information content (AvgIpc) is 2.34. The third kappa shape index (κ3) is 3.62. The highest BCUT2D eigenvalue weighted by molar-refractivity contribution is 9.10. The van der Waals surface area contributed by atoms with Crippen LogP contribution in [-0.2, 0) is 12.8 Å². The van der Waals surface area contributed by atoms with Gasteiger partial charge in [0.2, 0.25) is 0 Å². The zero-order chi connectivity index (χ0) is 13.0. The summed E-state index contributed by atoms with van der Waals surface area (Å²) in [5.74, 6) is -0.287. The van der Waals surface area contributed by atoms with E-state index in [-0.39, 0.29) is 5.82 Å².